The fourth-order valence-electron chi connectivity index (χ4n) is 2.07. The lowest BCUT2D eigenvalue weighted by atomic mass is 10.1. The van der Waals surface area contributed by atoms with Crippen LogP contribution in [0, 0.1) is 5.92 Å². The number of amides is 1. The molecule has 1 heterocycles. The molecule has 1 aromatic rings. The van der Waals surface area contributed by atoms with Gasteiger partial charge in [-0.15, -0.1) is 11.6 Å². The van der Waals surface area contributed by atoms with Gasteiger partial charge in [0, 0.05) is 24.5 Å². The lowest BCUT2D eigenvalue weighted by Gasteiger charge is -2.17. The Labute approximate surface area is 117 Å². The van der Waals surface area contributed by atoms with Crippen LogP contribution in [0.5, 0.6) is 0 Å². The summed E-state index contributed by atoms with van der Waals surface area (Å²) in [5.41, 5.74) is 0.592. The Morgan fingerprint density at radius 3 is 2.79 bits per heavy atom. The number of sulfonamides is 1. The van der Waals surface area contributed by atoms with Crippen molar-refractivity contribution in [1.82, 2.24) is 4.72 Å². The summed E-state index contributed by atoms with van der Waals surface area (Å²) >= 11 is 5.77. The van der Waals surface area contributed by atoms with Crippen molar-refractivity contribution in [1.29, 1.82) is 0 Å². The van der Waals surface area contributed by atoms with Crippen molar-refractivity contribution in [3.05, 3.63) is 24.3 Å². The smallest absolute Gasteiger partial charge is 0.240 e. The molecule has 2 rings (SSSR count). The quantitative estimate of drug-likeness (QED) is 0.850. The molecule has 1 aliphatic heterocycles. The second-order valence-corrected chi connectivity index (χ2v) is 6.63. The minimum atomic E-state index is -3.50. The lowest BCUT2D eigenvalue weighted by molar-refractivity contribution is -0.117. The van der Waals surface area contributed by atoms with Crippen molar-refractivity contribution in [3.63, 3.8) is 0 Å². The second-order valence-electron chi connectivity index (χ2n) is 4.43. The van der Waals surface area contributed by atoms with Gasteiger partial charge in [0.05, 0.1) is 4.90 Å². The van der Waals surface area contributed by atoms with Crippen LogP contribution in [0.15, 0.2) is 29.2 Å². The number of carbonyl (C=O) groups is 1. The molecule has 0 saturated carbocycles. The third-order valence-electron chi connectivity index (χ3n) is 3.13. The van der Waals surface area contributed by atoms with Crippen molar-refractivity contribution in [3.8, 4) is 0 Å². The zero-order chi connectivity index (χ0) is 14.0. The molecule has 1 amide bonds. The fraction of sp³-hybridized carbons (Fsp3) is 0.417. The third kappa shape index (κ3) is 2.91. The first kappa shape index (κ1) is 14.3. The fourth-order valence-corrected chi connectivity index (χ4v) is 3.05. The molecule has 1 fully saturated rings. The van der Waals surface area contributed by atoms with Gasteiger partial charge >= 0.3 is 0 Å². The molecule has 1 aliphatic rings. The van der Waals surface area contributed by atoms with Gasteiger partial charge in [0.25, 0.3) is 0 Å². The molecular formula is C12H15ClN2O3S. The van der Waals surface area contributed by atoms with Crippen LogP contribution in [0.25, 0.3) is 0 Å². The van der Waals surface area contributed by atoms with E-state index in [-0.39, 0.29) is 16.7 Å². The van der Waals surface area contributed by atoms with Crippen molar-refractivity contribution in [2.24, 2.45) is 5.92 Å². The third-order valence-corrected chi connectivity index (χ3v) is 4.98. The molecule has 19 heavy (non-hydrogen) atoms. The SMILES string of the molecule is CNS(=O)(=O)c1cccc(N2CC(CCl)CC2=O)c1. The van der Waals surface area contributed by atoms with Crippen LogP contribution in [0.3, 0.4) is 0 Å². The molecular weight excluding hydrogens is 288 g/mol. The minimum Gasteiger partial charge on any atom is -0.312 e. The minimum absolute atomic E-state index is 0.0235. The molecule has 1 atom stereocenters. The summed E-state index contributed by atoms with van der Waals surface area (Å²) in [5, 5.41) is 0. The first-order valence-corrected chi connectivity index (χ1v) is 7.89. The summed E-state index contributed by atoms with van der Waals surface area (Å²) in [6.07, 6.45) is 0.409. The lowest BCUT2D eigenvalue weighted by Crippen LogP contribution is -2.25. The van der Waals surface area contributed by atoms with E-state index in [1.807, 2.05) is 0 Å². The van der Waals surface area contributed by atoms with E-state index in [1.165, 1.54) is 19.2 Å². The molecule has 0 bridgehead atoms. The van der Waals surface area contributed by atoms with Gasteiger partial charge in [0.2, 0.25) is 15.9 Å². The van der Waals surface area contributed by atoms with Gasteiger partial charge in [-0.25, -0.2) is 13.1 Å². The monoisotopic (exact) mass is 302 g/mol. The van der Waals surface area contributed by atoms with Crippen LogP contribution < -0.4 is 9.62 Å². The zero-order valence-electron chi connectivity index (χ0n) is 10.5. The number of hydrogen-bond donors (Lipinski definition) is 1. The zero-order valence-corrected chi connectivity index (χ0v) is 12.0. The molecule has 5 nitrogen and oxygen atoms in total. The van der Waals surface area contributed by atoms with E-state index < -0.39 is 10.0 Å². The summed E-state index contributed by atoms with van der Waals surface area (Å²) in [6.45, 7) is 0.533. The standard InChI is InChI=1S/C12H15ClN2O3S/c1-14-19(17,18)11-4-2-3-10(6-11)15-8-9(7-13)5-12(15)16/h2-4,6,9,14H,5,7-8H2,1H3. The van der Waals surface area contributed by atoms with Gasteiger partial charge in [-0.05, 0) is 31.2 Å². The van der Waals surface area contributed by atoms with Gasteiger partial charge in [0.1, 0.15) is 0 Å². The molecule has 1 unspecified atom stereocenters. The predicted molar refractivity (Wildman–Crippen MR) is 73.9 cm³/mol. The summed E-state index contributed by atoms with van der Waals surface area (Å²) in [7, 11) is -2.15. The number of hydrogen-bond acceptors (Lipinski definition) is 3. The maximum Gasteiger partial charge on any atom is 0.240 e. The molecule has 1 aromatic carbocycles. The Bertz CT molecular complexity index is 588. The van der Waals surface area contributed by atoms with Crippen molar-refractivity contribution >= 4 is 33.2 Å². The van der Waals surface area contributed by atoms with E-state index >= 15 is 0 Å². The maximum absolute atomic E-state index is 11.9. The molecule has 1 N–H and O–H groups in total. The van der Waals surface area contributed by atoms with Crippen LogP contribution in [0.4, 0.5) is 5.69 Å². The Morgan fingerprint density at radius 1 is 1.47 bits per heavy atom. The van der Waals surface area contributed by atoms with E-state index in [4.69, 9.17) is 11.6 Å². The van der Waals surface area contributed by atoms with Crippen LogP contribution >= 0.6 is 11.6 Å². The Hall–Kier alpha value is -1.11. The van der Waals surface area contributed by atoms with Gasteiger partial charge in [0.15, 0.2) is 0 Å². The highest BCUT2D eigenvalue weighted by atomic mass is 35.5. The highest BCUT2D eigenvalue weighted by molar-refractivity contribution is 7.89. The Kier molecular flexibility index (Phi) is 4.13. The number of halogens is 1. The van der Waals surface area contributed by atoms with Crippen LogP contribution in [0.2, 0.25) is 0 Å². The van der Waals surface area contributed by atoms with E-state index in [0.717, 1.165) is 0 Å². The Balaban J connectivity index is 2.32. The number of carbonyl (C=O) groups excluding carboxylic acids is 1. The van der Waals surface area contributed by atoms with Gasteiger partial charge in [-0.3, -0.25) is 4.79 Å². The van der Waals surface area contributed by atoms with Crippen molar-refractivity contribution in [2.45, 2.75) is 11.3 Å². The average molecular weight is 303 g/mol. The highest BCUT2D eigenvalue weighted by Crippen LogP contribution is 2.27. The number of nitrogens with one attached hydrogen (secondary N) is 1. The van der Waals surface area contributed by atoms with E-state index in [9.17, 15) is 13.2 Å². The first-order chi connectivity index (χ1) is 8.97. The second kappa shape index (κ2) is 5.48. The predicted octanol–water partition coefficient (Wildman–Crippen LogP) is 1.19. The molecule has 104 valence electrons. The molecule has 0 aliphatic carbocycles. The summed E-state index contributed by atoms with van der Waals surface area (Å²) in [4.78, 5) is 13.6. The average Bonchev–Trinajstić information content (AvgIpc) is 2.80. The summed E-state index contributed by atoms with van der Waals surface area (Å²) < 4.78 is 25.7. The topological polar surface area (TPSA) is 66.5 Å². The highest BCUT2D eigenvalue weighted by Gasteiger charge is 2.30. The Morgan fingerprint density at radius 2 is 2.21 bits per heavy atom. The number of alkyl halides is 1. The molecule has 7 heteroatoms. The molecule has 1 saturated heterocycles. The molecule has 0 spiro atoms. The van der Waals surface area contributed by atoms with E-state index in [0.29, 0.717) is 24.5 Å². The van der Waals surface area contributed by atoms with E-state index in [2.05, 4.69) is 4.72 Å². The van der Waals surface area contributed by atoms with Gasteiger partial charge in [-0.1, -0.05) is 6.07 Å². The largest absolute Gasteiger partial charge is 0.312 e. The van der Waals surface area contributed by atoms with Crippen LogP contribution in [-0.4, -0.2) is 33.8 Å². The van der Waals surface area contributed by atoms with Gasteiger partial charge in [-0.2, -0.15) is 0 Å². The number of anilines is 1. The van der Waals surface area contributed by atoms with Crippen molar-refractivity contribution < 1.29 is 13.2 Å². The number of nitrogens with zero attached hydrogens (tertiary/aromatic N) is 1. The first-order valence-electron chi connectivity index (χ1n) is 5.88. The van der Waals surface area contributed by atoms with Crippen molar-refractivity contribution in [2.75, 3.05) is 24.4 Å². The normalized spacial score (nSPS) is 20.0. The number of benzene rings is 1. The summed E-state index contributed by atoms with van der Waals surface area (Å²) in [6, 6.07) is 6.35. The molecule has 0 aromatic heterocycles. The van der Waals surface area contributed by atoms with Crippen LogP contribution in [0.1, 0.15) is 6.42 Å². The van der Waals surface area contributed by atoms with Gasteiger partial charge < -0.3 is 4.90 Å². The molecule has 0 radical (unpaired) electrons. The summed E-state index contributed by atoms with van der Waals surface area (Å²) in [5.74, 6) is 0.528. The van der Waals surface area contributed by atoms with Crippen LogP contribution in [-0.2, 0) is 14.8 Å². The number of rotatable bonds is 4. The maximum atomic E-state index is 11.9. The van der Waals surface area contributed by atoms with E-state index in [1.54, 1.807) is 17.0 Å².